The number of methoxy groups -OCH3 is 1. The minimum absolute atomic E-state index is 0.00915. The second kappa shape index (κ2) is 10.4. The first-order chi connectivity index (χ1) is 9.77. The Morgan fingerprint density at radius 3 is 2.60 bits per heavy atom. The lowest BCUT2D eigenvalue weighted by molar-refractivity contribution is 0.0752. The molecule has 1 aromatic rings. The van der Waals surface area contributed by atoms with Crippen molar-refractivity contribution < 1.29 is 14.3 Å². The van der Waals surface area contributed by atoms with Gasteiger partial charge in [-0.2, -0.15) is 0 Å². The summed E-state index contributed by atoms with van der Waals surface area (Å²) in [5, 5.41) is 0. The fourth-order valence-corrected chi connectivity index (χ4v) is 2.03. The predicted molar refractivity (Wildman–Crippen MR) is 81.5 cm³/mol. The fraction of sp³-hybridized carbons (Fsp3) is 0.588. The van der Waals surface area contributed by atoms with Crippen molar-refractivity contribution in [3.05, 3.63) is 29.8 Å². The minimum Gasteiger partial charge on any atom is -0.497 e. The highest BCUT2D eigenvalue weighted by Gasteiger charge is 2.06. The van der Waals surface area contributed by atoms with Crippen LogP contribution < -0.4 is 4.74 Å². The van der Waals surface area contributed by atoms with Crippen molar-refractivity contribution in [1.29, 1.82) is 0 Å². The zero-order valence-corrected chi connectivity index (χ0v) is 12.7. The van der Waals surface area contributed by atoms with Crippen molar-refractivity contribution in [2.24, 2.45) is 0 Å². The van der Waals surface area contributed by atoms with Gasteiger partial charge in [-0.05, 0) is 18.6 Å². The van der Waals surface area contributed by atoms with Gasteiger partial charge in [0.15, 0.2) is 5.78 Å². The molecule has 0 fully saturated rings. The summed E-state index contributed by atoms with van der Waals surface area (Å²) in [5.74, 6) is 0.710. The van der Waals surface area contributed by atoms with Gasteiger partial charge >= 0.3 is 0 Å². The van der Waals surface area contributed by atoms with Gasteiger partial charge in [-0.3, -0.25) is 4.79 Å². The first-order valence-corrected chi connectivity index (χ1v) is 7.53. The third kappa shape index (κ3) is 6.71. The van der Waals surface area contributed by atoms with Crippen molar-refractivity contribution >= 4 is 5.78 Å². The summed E-state index contributed by atoms with van der Waals surface area (Å²) in [4.78, 5) is 11.9. The van der Waals surface area contributed by atoms with Crippen LogP contribution in [-0.2, 0) is 4.74 Å². The lowest BCUT2D eigenvalue weighted by atomic mass is 10.1. The Bertz CT molecular complexity index is 388. The minimum atomic E-state index is 0.00915. The molecule has 0 saturated heterocycles. The molecular weight excluding hydrogens is 252 g/mol. The molecule has 0 heterocycles. The lowest BCUT2D eigenvalue weighted by Gasteiger charge is -2.05. The van der Waals surface area contributed by atoms with Crippen molar-refractivity contribution in [3.63, 3.8) is 0 Å². The summed E-state index contributed by atoms with van der Waals surface area (Å²) in [7, 11) is 1.60. The molecule has 0 amide bonds. The molecule has 0 aliphatic heterocycles. The maximum atomic E-state index is 11.9. The van der Waals surface area contributed by atoms with Crippen LogP contribution in [0.3, 0.4) is 0 Å². The molecule has 0 aliphatic rings. The summed E-state index contributed by atoms with van der Waals surface area (Å²) in [5.41, 5.74) is 0.646. The third-order valence-corrected chi connectivity index (χ3v) is 3.27. The van der Waals surface area contributed by atoms with E-state index in [1.165, 1.54) is 32.1 Å². The number of hydrogen-bond donors (Lipinski definition) is 0. The van der Waals surface area contributed by atoms with E-state index in [4.69, 9.17) is 9.47 Å². The van der Waals surface area contributed by atoms with E-state index >= 15 is 0 Å². The van der Waals surface area contributed by atoms with E-state index in [1.807, 2.05) is 12.1 Å². The Labute approximate surface area is 122 Å². The second-order valence-electron chi connectivity index (χ2n) is 4.98. The van der Waals surface area contributed by atoms with Gasteiger partial charge < -0.3 is 9.47 Å². The summed E-state index contributed by atoms with van der Waals surface area (Å²) < 4.78 is 10.5. The van der Waals surface area contributed by atoms with Crippen molar-refractivity contribution in [2.45, 2.75) is 45.4 Å². The standard InChI is InChI=1S/C17H26O3/c1-3-4-5-6-7-8-12-20-14-17(18)15-10-9-11-16(13-15)19-2/h9-11,13H,3-8,12,14H2,1-2H3. The number of benzene rings is 1. The number of carbonyl (C=O) groups is 1. The van der Waals surface area contributed by atoms with Crippen LogP contribution in [0.2, 0.25) is 0 Å². The summed E-state index contributed by atoms with van der Waals surface area (Å²) in [6.07, 6.45) is 7.38. The van der Waals surface area contributed by atoms with E-state index in [-0.39, 0.29) is 12.4 Å². The van der Waals surface area contributed by atoms with Crippen LogP contribution in [0, 0.1) is 0 Å². The second-order valence-corrected chi connectivity index (χ2v) is 4.98. The number of carbonyl (C=O) groups excluding carboxylic acids is 1. The van der Waals surface area contributed by atoms with Crippen molar-refractivity contribution in [3.8, 4) is 5.75 Å². The molecule has 0 atom stereocenters. The molecule has 3 heteroatoms. The van der Waals surface area contributed by atoms with Crippen LogP contribution in [0.5, 0.6) is 5.75 Å². The van der Waals surface area contributed by atoms with Crippen LogP contribution in [0.1, 0.15) is 55.8 Å². The monoisotopic (exact) mass is 278 g/mol. The van der Waals surface area contributed by atoms with Gasteiger partial charge in [0.1, 0.15) is 12.4 Å². The molecular formula is C17H26O3. The summed E-state index contributed by atoms with van der Waals surface area (Å²) in [6.45, 7) is 3.04. The molecule has 0 aromatic heterocycles. The van der Waals surface area contributed by atoms with E-state index < -0.39 is 0 Å². The smallest absolute Gasteiger partial charge is 0.188 e. The number of hydrogen-bond acceptors (Lipinski definition) is 3. The molecule has 3 nitrogen and oxygen atoms in total. The van der Waals surface area contributed by atoms with Crippen molar-refractivity contribution in [2.75, 3.05) is 20.3 Å². The number of ether oxygens (including phenoxy) is 2. The van der Waals surface area contributed by atoms with E-state index in [9.17, 15) is 4.79 Å². The van der Waals surface area contributed by atoms with Gasteiger partial charge in [-0.15, -0.1) is 0 Å². The number of rotatable bonds is 11. The van der Waals surface area contributed by atoms with Gasteiger partial charge in [0, 0.05) is 12.2 Å². The molecule has 0 aliphatic carbocycles. The highest BCUT2D eigenvalue weighted by Crippen LogP contribution is 2.13. The van der Waals surface area contributed by atoms with Gasteiger partial charge in [0.25, 0.3) is 0 Å². The summed E-state index contributed by atoms with van der Waals surface area (Å²) >= 11 is 0. The molecule has 0 saturated carbocycles. The van der Waals surface area contributed by atoms with Crippen LogP contribution in [0.15, 0.2) is 24.3 Å². The highest BCUT2D eigenvalue weighted by atomic mass is 16.5. The molecule has 0 unspecified atom stereocenters. The zero-order valence-electron chi connectivity index (χ0n) is 12.7. The molecule has 112 valence electrons. The van der Waals surface area contributed by atoms with E-state index in [0.717, 1.165) is 6.42 Å². The first-order valence-electron chi connectivity index (χ1n) is 7.53. The molecule has 1 aromatic carbocycles. The molecule has 0 N–H and O–H groups in total. The summed E-state index contributed by atoms with van der Waals surface area (Å²) in [6, 6.07) is 7.18. The number of unbranched alkanes of at least 4 members (excludes halogenated alkanes) is 5. The Hall–Kier alpha value is -1.35. The van der Waals surface area contributed by atoms with Crippen LogP contribution in [-0.4, -0.2) is 26.1 Å². The molecule has 0 bridgehead atoms. The average Bonchev–Trinajstić information content (AvgIpc) is 2.49. The van der Waals surface area contributed by atoms with Crippen LogP contribution in [0.4, 0.5) is 0 Å². The Morgan fingerprint density at radius 1 is 1.10 bits per heavy atom. The maximum Gasteiger partial charge on any atom is 0.188 e. The van der Waals surface area contributed by atoms with E-state index in [0.29, 0.717) is 17.9 Å². The topological polar surface area (TPSA) is 35.5 Å². The highest BCUT2D eigenvalue weighted by molar-refractivity contribution is 5.97. The maximum absolute atomic E-state index is 11.9. The Kier molecular flexibility index (Phi) is 8.72. The van der Waals surface area contributed by atoms with E-state index in [2.05, 4.69) is 6.92 Å². The van der Waals surface area contributed by atoms with Gasteiger partial charge in [-0.1, -0.05) is 51.2 Å². The zero-order chi connectivity index (χ0) is 14.6. The molecule has 0 spiro atoms. The normalized spacial score (nSPS) is 10.5. The van der Waals surface area contributed by atoms with Gasteiger partial charge in [0.2, 0.25) is 0 Å². The first kappa shape index (κ1) is 16.7. The Morgan fingerprint density at radius 2 is 1.85 bits per heavy atom. The van der Waals surface area contributed by atoms with Crippen LogP contribution in [0.25, 0.3) is 0 Å². The van der Waals surface area contributed by atoms with Gasteiger partial charge in [0.05, 0.1) is 7.11 Å². The average molecular weight is 278 g/mol. The quantitative estimate of drug-likeness (QED) is 0.448. The fourth-order valence-electron chi connectivity index (χ4n) is 2.03. The molecule has 1 rings (SSSR count). The third-order valence-electron chi connectivity index (χ3n) is 3.27. The Balaban J connectivity index is 2.13. The van der Waals surface area contributed by atoms with E-state index in [1.54, 1.807) is 19.2 Å². The molecule has 0 radical (unpaired) electrons. The molecule has 20 heavy (non-hydrogen) atoms. The van der Waals surface area contributed by atoms with Gasteiger partial charge in [-0.25, -0.2) is 0 Å². The largest absolute Gasteiger partial charge is 0.497 e. The van der Waals surface area contributed by atoms with Crippen molar-refractivity contribution in [1.82, 2.24) is 0 Å². The predicted octanol–water partition coefficient (Wildman–Crippen LogP) is 4.26. The van der Waals surface area contributed by atoms with Crippen LogP contribution >= 0.6 is 0 Å². The lowest BCUT2D eigenvalue weighted by Crippen LogP contribution is -2.10. The SMILES string of the molecule is CCCCCCCCOCC(=O)c1cccc(OC)c1. The number of ketones is 1. The number of Topliss-reactive ketones (excluding diaryl/α,β-unsaturated/α-hetero) is 1.